The lowest BCUT2D eigenvalue weighted by atomic mass is 9.93. The molecule has 1 aliphatic heterocycles. The van der Waals surface area contributed by atoms with E-state index in [1.165, 1.54) is 63.4 Å². The number of likely N-dealkylation sites (tertiary alicyclic amines) is 1. The first kappa shape index (κ1) is 14.3. The van der Waals surface area contributed by atoms with E-state index < -0.39 is 0 Å². The minimum atomic E-state index is 0.980. The van der Waals surface area contributed by atoms with Crippen molar-refractivity contribution in [2.45, 2.75) is 32.6 Å². The molecule has 2 nitrogen and oxygen atoms in total. The predicted molar refractivity (Wildman–Crippen MR) is 75.3 cm³/mol. The van der Waals surface area contributed by atoms with Crippen LogP contribution in [0.15, 0.2) is 0 Å². The van der Waals surface area contributed by atoms with Gasteiger partial charge in [-0.3, -0.25) is 0 Å². The van der Waals surface area contributed by atoms with E-state index in [1.807, 2.05) is 0 Å². The van der Waals surface area contributed by atoms with Crippen molar-refractivity contribution in [1.29, 1.82) is 0 Å². The third kappa shape index (κ3) is 6.12. The van der Waals surface area contributed by atoms with Crippen molar-refractivity contribution in [2.24, 2.45) is 5.92 Å². The maximum absolute atomic E-state index is 3.26. The summed E-state index contributed by atoms with van der Waals surface area (Å²) in [6.45, 7) is 7.44. The Morgan fingerprint density at radius 3 is 2.69 bits per heavy atom. The second-order valence-corrected chi connectivity index (χ2v) is 6.12. The Kier molecular flexibility index (Phi) is 8.34. The van der Waals surface area contributed by atoms with Crippen molar-refractivity contribution >= 4 is 11.8 Å². The fourth-order valence-corrected chi connectivity index (χ4v) is 3.00. The summed E-state index contributed by atoms with van der Waals surface area (Å²) in [4.78, 5) is 2.66. The molecule has 1 aliphatic rings. The molecule has 0 radical (unpaired) electrons. The Morgan fingerprint density at radius 2 is 2.06 bits per heavy atom. The molecule has 0 spiro atoms. The topological polar surface area (TPSA) is 15.3 Å². The summed E-state index contributed by atoms with van der Waals surface area (Å²) in [5.41, 5.74) is 0. The molecule has 1 saturated heterocycles. The normalized spacial score (nSPS) is 19.1. The number of nitrogens with zero attached hydrogens (tertiary/aromatic N) is 1. The highest BCUT2D eigenvalue weighted by Gasteiger charge is 2.17. The summed E-state index contributed by atoms with van der Waals surface area (Å²) in [6.07, 6.45) is 5.58. The van der Waals surface area contributed by atoms with Crippen molar-refractivity contribution in [3.05, 3.63) is 0 Å². The third-order valence-electron chi connectivity index (χ3n) is 3.48. The molecule has 16 heavy (non-hydrogen) atoms. The highest BCUT2D eigenvalue weighted by molar-refractivity contribution is 7.99. The van der Waals surface area contributed by atoms with Gasteiger partial charge in [-0.05, 0) is 76.3 Å². The van der Waals surface area contributed by atoms with E-state index in [2.05, 4.69) is 35.9 Å². The fraction of sp³-hybridized carbons (Fsp3) is 1.00. The minimum Gasteiger partial charge on any atom is -0.320 e. The van der Waals surface area contributed by atoms with Gasteiger partial charge in [0.15, 0.2) is 0 Å². The molecule has 0 aliphatic carbocycles. The lowest BCUT2D eigenvalue weighted by Gasteiger charge is -2.31. The van der Waals surface area contributed by atoms with Gasteiger partial charge in [-0.15, -0.1) is 0 Å². The van der Waals surface area contributed by atoms with Crippen LogP contribution >= 0.6 is 11.8 Å². The second-order valence-electron chi connectivity index (χ2n) is 4.73. The number of nitrogens with one attached hydrogen (secondary N) is 1. The average molecular weight is 244 g/mol. The Bertz CT molecular complexity index is 156. The van der Waals surface area contributed by atoms with Crippen molar-refractivity contribution < 1.29 is 0 Å². The van der Waals surface area contributed by atoms with Gasteiger partial charge in [-0.2, -0.15) is 11.8 Å². The number of thioether (sulfide) groups is 1. The molecular formula is C13H28N2S. The lowest BCUT2D eigenvalue weighted by Crippen LogP contribution is -2.35. The molecule has 1 N–H and O–H groups in total. The molecule has 0 aromatic carbocycles. The Hall–Kier alpha value is 0.270. The van der Waals surface area contributed by atoms with Crippen LogP contribution in [-0.4, -0.2) is 49.6 Å². The third-order valence-corrected chi connectivity index (χ3v) is 4.46. The maximum atomic E-state index is 3.26. The van der Waals surface area contributed by atoms with Gasteiger partial charge in [-0.1, -0.05) is 6.92 Å². The summed E-state index contributed by atoms with van der Waals surface area (Å²) >= 11 is 2.07. The summed E-state index contributed by atoms with van der Waals surface area (Å²) in [5.74, 6) is 3.59. The summed E-state index contributed by atoms with van der Waals surface area (Å²) in [7, 11) is 2.06. The Balaban J connectivity index is 1.98. The van der Waals surface area contributed by atoms with Gasteiger partial charge in [-0.25, -0.2) is 0 Å². The molecule has 0 aromatic heterocycles. The van der Waals surface area contributed by atoms with Gasteiger partial charge in [0.05, 0.1) is 0 Å². The van der Waals surface area contributed by atoms with Gasteiger partial charge in [0, 0.05) is 0 Å². The van der Waals surface area contributed by atoms with E-state index in [1.54, 1.807) is 0 Å². The number of hydrogen-bond donors (Lipinski definition) is 1. The van der Waals surface area contributed by atoms with Crippen molar-refractivity contribution in [3.8, 4) is 0 Å². The van der Waals surface area contributed by atoms with E-state index >= 15 is 0 Å². The van der Waals surface area contributed by atoms with Gasteiger partial charge in [0.1, 0.15) is 0 Å². The van der Waals surface area contributed by atoms with Crippen molar-refractivity contribution in [3.63, 3.8) is 0 Å². The van der Waals surface area contributed by atoms with Crippen LogP contribution in [0.5, 0.6) is 0 Å². The molecule has 0 saturated carbocycles. The second kappa shape index (κ2) is 9.32. The van der Waals surface area contributed by atoms with E-state index in [4.69, 9.17) is 0 Å². The zero-order valence-electron chi connectivity index (χ0n) is 11.0. The van der Waals surface area contributed by atoms with Gasteiger partial charge >= 0.3 is 0 Å². The van der Waals surface area contributed by atoms with Crippen LogP contribution in [0.2, 0.25) is 0 Å². The van der Waals surface area contributed by atoms with Crippen LogP contribution < -0.4 is 5.32 Å². The zero-order chi connectivity index (χ0) is 11.6. The molecule has 0 bridgehead atoms. The quantitative estimate of drug-likeness (QED) is 0.660. The van der Waals surface area contributed by atoms with Gasteiger partial charge in [0.2, 0.25) is 0 Å². The first-order valence-electron chi connectivity index (χ1n) is 6.81. The monoisotopic (exact) mass is 244 g/mol. The number of hydrogen-bond acceptors (Lipinski definition) is 3. The Labute approximate surface area is 106 Å². The van der Waals surface area contributed by atoms with Crippen LogP contribution in [0.4, 0.5) is 0 Å². The van der Waals surface area contributed by atoms with Crippen LogP contribution in [0.25, 0.3) is 0 Å². The van der Waals surface area contributed by atoms with E-state index in [-0.39, 0.29) is 0 Å². The molecule has 1 rings (SSSR count). The van der Waals surface area contributed by atoms with E-state index in [0.29, 0.717) is 0 Å². The highest BCUT2D eigenvalue weighted by atomic mass is 32.2. The lowest BCUT2D eigenvalue weighted by molar-refractivity contribution is 0.180. The molecule has 0 amide bonds. The van der Waals surface area contributed by atoms with Crippen molar-refractivity contribution in [1.82, 2.24) is 10.2 Å². The van der Waals surface area contributed by atoms with E-state index in [0.717, 1.165) is 5.92 Å². The first-order chi connectivity index (χ1) is 7.86. The number of piperidine rings is 1. The summed E-state index contributed by atoms with van der Waals surface area (Å²) in [5, 5.41) is 3.26. The molecule has 0 aromatic rings. The molecule has 1 fully saturated rings. The molecule has 0 atom stereocenters. The molecule has 1 heterocycles. The summed E-state index contributed by atoms with van der Waals surface area (Å²) < 4.78 is 0. The highest BCUT2D eigenvalue weighted by Crippen LogP contribution is 2.20. The molecule has 3 heteroatoms. The molecular weight excluding hydrogens is 216 g/mol. The Morgan fingerprint density at radius 1 is 1.31 bits per heavy atom. The van der Waals surface area contributed by atoms with Crippen LogP contribution in [0.3, 0.4) is 0 Å². The zero-order valence-corrected chi connectivity index (χ0v) is 11.8. The smallest absolute Gasteiger partial charge is 0.00109 e. The summed E-state index contributed by atoms with van der Waals surface area (Å²) in [6, 6.07) is 0. The van der Waals surface area contributed by atoms with Gasteiger partial charge < -0.3 is 10.2 Å². The fourth-order valence-electron chi connectivity index (χ4n) is 2.38. The van der Waals surface area contributed by atoms with Crippen LogP contribution in [0.1, 0.15) is 32.6 Å². The van der Waals surface area contributed by atoms with Crippen LogP contribution in [-0.2, 0) is 0 Å². The minimum absolute atomic E-state index is 0.980. The largest absolute Gasteiger partial charge is 0.320 e. The maximum Gasteiger partial charge on any atom is -0.00109 e. The van der Waals surface area contributed by atoms with Crippen molar-refractivity contribution in [2.75, 3.05) is 44.7 Å². The molecule has 96 valence electrons. The first-order valence-corrected chi connectivity index (χ1v) is 7.97. The standard InChI is InChI=1S/C13H28N2S/c1-3-16-12-4-9-15-10-6-13(7-11-15)5-8-14-2/h13-14H,3-12H2,1-2H3. The SMILES string of the molecule is CCSCCCN1CCC(CCNC)CC1. The predicted octanol–water partition coefficient (Wildman–Crippen LogP) is 2.45. The van der Waals surface area contributed by atoms with Gasteiger partial charge in [0.25, 0.3) is 0 Å². The van der Waals surface area contributed by atoms with Crippen LogP contribution in [0, 0.1) is 5.92 Å². The molecule has 0 unspecified atom stereocenters. The number of rotatable bonds is 8. The average Bonchev–Trinajstić information content (AvgIpc) is 2.33. The van der Waals surface area contributed by atoms with E-state index in [9.17, 15) is 0 Å².